The minimum atomic E-state index is -0.693. The molecule has 0 aliphatic carbocycles. The van der Waals surface area contributed by atoms with Gasteiger partial charge >= 0.3 is 5.91 Å². The smallest absolute Gasteiger partial charge is 0.328 e. The van der Waals surface area contributed by atoms with Crippen LogP contribution in [0.5, 0.6) is 0 Å². The number of aliphatic imine (C=N–C) groups is 1. The first kappa shape index (κ1) is 18.9. The fraction of sp³-hybridized carbons (Fsp3) is 0.733. The highest BCUT2D eigenvalue weighted by Gasteiger charge is 2.06. The molecule has 1 amide bonds. The number of carbonyl (C=O) groups excluding carboxylic acids is 1. The molecule has 4 nitrogen and oxygen atoms in total. The number of rotatable bonds is 7. The molecular formula is C15H25NO3S. The van der Waals surface area contributed by atoms with Crippen LogP contribution in [-0.2, 0) is 9.53 Å². The van der Waals surface area contributed by atoms with Crippen molar-refractivity contribution < 1.29 is 14.6 Å². The zero-order valence-corrected chi connectivity index (χ0v) is 13.6. The predicted molar refractivity (Wildman–Crippen MR) is 84.1 cm³/mol. The monoisotopic (exact) mass is 299 g/mol. The van der Waals surface area contributed by atoms with Gasteiger partial charge in [0.2, 0.25) is 0 Å². The lowest BCUT2D eigenvalue weighted by atomic mass is 9.98. The van der Waals surface area contributed by atoms with Gasteiger partial charge < -0.3 is 9.84 Å². The average molecular weight is 299 g/mol. The maximum absolute atomic E-state index is 11.1. The molecular weight excluding hydrogens is 274 g/mol. The van der Waals surface area contributed by atoms with Crippen molar-refractivity contribution in [1.29, 1.82) is 0 Å². The number of hydrogen-bond donors (Lipinski definition) is 1. The van der Waals surface area contributed by atoms with Crippen molar-refractivity contribution in [3.8, 4) is 12.0 Å². The first-order chi connectivity index (χ1) is 9.49. The summed E-state index contributed by atoms with van der Waals surface area (Å²) in [5.74, 6) is 2.60. The molecule has 0 aromatic carbocycles. The summed E-state index contributed by atoms with van der Waals surface area (Å²) >= 11 is 1.26. The van der Waals surface area contributed by atoms with Gasteiger partial charge in [-0.3, -0.25) is 4.79 Å². The third-order valence-corrected chi connectivity index (χ3v) is 3.40. The van der Waals surface area contributed by atoms with Gasteiger partial charge in [-0.25, -0.2) is 0 Å². The molecule has 0 heterocycles. The van der Waals surface area contributed by atoms with Crippen LogP contribution in [0.2, 0.25) is 0 Å². The first-order valence-corrected chi connectivity index (χ1v) is 8.16. The van der Waals surface area contributed by atoms with Gasteiger partial charge in [-0.1, -0.05) is 51.8 Å². The molecule has 0 radical (unpaired) electrons. The summed E-state index contributed by atoms with van der Waals surface area (Å²) in [5, 5.41) is 8.59. The minimum absolute atomic E-state index is 0.298. The summed E-state index contributed by atoms with van der Waals surface area (Å²) < 4.78 is 5.45. The summed E-state index contributed by atoms with van der Waals surface area (Å²) in [5.41, 5.74) is 0. The van der Waals surface area contributed by atoms with Crippen LogP contribution in [0.25, 0.3) is 0 Å². The van der Waals surface area contributed by atoms with Gasteiger partial charge in [0.15, 0.2) is 0 Å². The highest BCUT2D eigenvalue weighted by molar-refractivity contribution is 8.13. The summed E-state index contributed by atoms with van der Waals surface area (Å²) in [6.45, 7) is 7.23. The molecule has 20 heavy (non-hydrogen) atoms. The second-order valence-corrected chi connectivity index (χ2v) is 5.95. The van der Waals surface area contributed by atoms with Crippen molar-refractivity contribution in [2.45, 2.75) is 46.5 Å². The summed E-state index contributed by atoms with van der Waals surface area (Å²) in [6, 6.07) is 0. The topological polar surface area (TPSA) is 58.9 Å². The SMILES string of the molecule is CSC(=NC(=O)C#CO)OCCC(C)CCCC(C)C. The van der Waals surface area contributed by atoms with Gasteiger partial charge in [-0.15, -0.1) is 0 Å². The van der Waals surface area contributed by atoms with Gasteiger partial charge in [0, 0.05) is 5.92 Å². The van der Waals surface area contributed by atoms with Crippen LogP contribution in [0.15, 0.2) is 4.99 Å². The van der Waals surface area contributed by atoms with E-state index in [2.05, 4.69) is 25.8 Å². The lowest BCUT2D eigenvalue weighted by Gasteiger charge is -2.13. The van der Waals surface area contributed by atoms with E-state index in [1.54, 1.807) is 6.26 Å². The molecule has 5 heteroatoms. The Balaban J connectivity index is 3.94. The molecule has 0 aliphatic rings. The van der Waals surface area contributed by atoms with Crippen LogP contribution in [0.4, 0.5) is 0 Å². The Morgan fingerprint density at radius 1 is 1.30 bits per heavy atom. The van der Waals surface area contributed by atoms with E-state index >= 15 is 0 Å². The Labute approximate surface area is 126 Å². The number of amides is 1. The van der Waals surface area contributed by atoms with Crippen LogP contribution in [-0.4, -0.2) is 29.1 Å². The van der Waals surface area contributed by atoms with Crippen molar-refractivity contribution in [3.05, 3.63) is 0 Å². The maximum atomic E-state index is 11.1. The maximum Gasteiger partial charge on any atom is 0.328 e. The number of aliphatic hydroxyl groups is 1. The standard InChI is InChI=1S/C15H25NO3S/c1-12(2)6-5-7-13(3)9-11-19-15(20-4)16-14(18)8-10-17/h12-13,17H,5-7,9,11H2,1-4H3. The van der Waals surface area contributed by atoms with E-state index in [0.717, 1.165) is 12.3 Å². The van der Waals surface area contributed by atoms with Gasteiger partial charge in [0.1, 0.15) is 6.11 Å². The van der Waals surface area contributed by atoms with Crippen LogP contribution in [0.1, 0.15) is 46.5 Å². The van der Waals surface area contributed by atoms with Crippen molar-refractivity contribution in [2.75, 3.05) is 12.9 Å². The third kappa shape index (κ3) is 10.7. The Morgan fingerprint density at radius 2 is 2.00 bits per heavy atom. The Kier molecular flexibility index (Phi) is 11.0. The zero-order valence-electron chi connectivity index (χ0n) is 12.8. The average Bonchev–Trinajstić information content (AvgIpc) is 2.37. The normalized spacial score (nSPS) is 12.8. The molecule has 0 bridgehead atoms. The van der Waals surface area contributed by atoms with E-state index in [0.29, 0.717) is 17.8 Å². The lowest BCUT2D eigenvalue weighted by molar-refractivity contribution is -0.112. The Bertz CT molecular complexity index is 369. The predicted octanol–water partition coefficient (Wildman–Crippen LogP) is 3.43. The van der Waals surface area contributed by atoms with E-state index in [4.69, 9.17) is 9.84 Å². The van der Waals surface area contributed by atoms with Crippen molar-refractivity contribution in [3.63, 3.8) is 0 Å². The number of nitrogens with zero attached hydrogens (tertiary/aromatic N) is 1. The van der Waals surface area contributed by atoms with Crippen molar-refractivity contribution >= 4 is 22.9 Å². The second-order valence-electron chi connectivity index (χ2n) is 5.19. The minimum Gasteiger partial charge on any atom is -0.473 e. The number of carbonyl (C=O) groups is 1. The molecule has 0 aliphatic heterocycles. The molecule has 0 saturated heterocycles. The molecule has 0 aromatic rings. The summed E-state index contributed by atoms with van der Waals surface area (Å²) in [4.78, 5) is 14.8. The highest BCUT2D eigenvalue weighted by Crippen LogP contribution is 2.15. The lowest BCUT2D eigenvalue weighted by Crippen LogP contribution is -2.08. The van der Waals surface area contributed by atoms with Gasteiger partial charge in [0.25, 0.3) is 5.23 Å². The molecule has 0 rings (SSSR count). The fourth-order valence-electron chi connectivity index (χ4n) is 1.66. The Hall–Kier alpha value is -1.15. The molecule has 1 N–H and O–H groups in total. The van der Waals surface area contributed by atoms with Crippen molar-refractivity contribution in [2.24, 2.45) is 16.8 Å². The van der Waals surface area contributed by atoms with Crippen LogP contribution in [0.3, 0.4) is 0 Å². The molecule has 1 atom stereocenters. The van der Waals surface area contributed by atoms with E-state index in [-0.39, 0.29) is 0 Å². The van der Waals surface area contributed by atoms with Gasteiger partial charge in [0.05, 0.1) is 6.61 Å². The number of thioether (sulfide) groups is 1. The molecule has 1 unspecified atom stereocenters. The quantitative estimate of drug-likeness (QED) is 0.444. The number of hydrogen-bond acceptors (Lipinski definition) is 4. The highest BCUT2D eigenvalue weighted by atomic mass is 32.2. The summed E-state index contributed by atoms with van der Waals surface area (Å²) in [7, 11) is 0. The van der Waals surface area contributed by atoms with E-state index in [1.165, 1.54) is 37.1 Å². The molecule has 0 fully saturated rings. The summed E-state index contributed by atoms with van der Waals surface area (Å²) in [6.07, 6.45) is 7.96. The number of ether oxygens (including phenoxy) is 1. The van der Waals surface area contributed by atoms with E-state index in [9.17, 15) is 4.79 Å². The Morgan fingerprint density at radius 3 is 2.55 bits per heavy atom. The van der Waals surface area contributed by atoms with E-state index in [1.807, 2.05) is 5.92 Å². The second kappa shape index (κ2) is 11.7. The largest absolute Gasteiger partial charge is 0.473 e. The van der Waals surface area contributed by atoms with Crippen LogP contribution < -0.4 is 0 Å². The van der Waals surface area contributed by atoms with Crippen LogP contribution >= 0.6 is 11.8 Å². The van der Waals surface area contributed by atoms with Crippen molar-refractivity contribution in [1.82, 2.24) is 0 Å². The first-order valence-electron chi connectivity index (χ1n) is 6.94. The van der Waals surface area contributed by atoms with Crippen LogP contribution in [0, 0.1) is 23.9 Å². The van der Waals surface area contributed by atoms with Gasteiger partial charge in [-0.05, 0) is 24.5 Å². The third-order valence-electron chi connectivity index (χ3n) is 2.84. The fourth-order valence-corrected chi connectivity index (χ4v) is 2.04. The van der Waals surface area contributed by atoms with E-state index < -0.39 is 5.91 Å². The van der Waals surface area contributed by atoms with Gasteiger partial charge in [-0.2, -0.15) is 4.99 Å². The molecule has 114 valence electrons. The molecule has 0 spiro atoms. The zero-order chi connectivity index (χ0) is 15.4. The molecule has 0 saturated carbocycles. The number of aliphatic hydroxyl groups excluding tert-OH is 1. The molecule has 0 aromatic heterocycles.